The van der Waals surface area contributed by atoms with Crippen molar-refractivity contribution in [2.75, 3.05) is 20.2 Å². The maximum atomic E-state index is 12.3. The standard InChI is InChI=1S/C13H16ClNO4/c1-3-6-15(8-12(17)19-2)13(18)10-7-9(16)4-5-11(10)14/h4-5,7,16H,3,6,8H2,1-2H3. The summed E-state index contributed by atoms with van der Waals surface area (Å²) in [5.41, 5.74) is 0.166. The van der Waals surface area contributed by atoms with Crippen LogP contribution in [0.3, 0.4) is 0 Å². The second-order valence-corrected chi connectivity index (χ2v) is 4.37. The van der Waals surface area contributed by atoms with Crippen molar-refractivity contribution >= 4 is 23.5 Å². The number of aromatic hydroxyl groups is 1. The molecule has 0 atom stereocenters. The van der Waals surface area contributed by atoms with Crippen molar-refractivity contribution < 1.29 is 19.4 Å². The van der Waals surface area contributed by atoms with E-state index in [9.17, 15) is 14.7 Å². The quantitative estimate of drug-likeness (QED) is 0.841. The summed E-state index contributed by atoms with van der Waals surface area (Å²) in [6.45, 7) is 2.15. The SMILES string of the molecule is CCCN(CC(=O)OC)C(=O)c1cc(O)ccc1Cl. The summed E-state index contributed by atoms with van der Waals surface area (Å²) in [6.07, 6.45) is 0.694. The largest absolute Gasteiger partial charge is 0.508 e. The molecule has 1 aromatic rings. The van der Waals surface area contributed by atoms with Crippen molar-refractivity contribution in [2.45, 2.75) is 13.3 Å². The van der Waals surface area contributed by atoms with Crippen LogP contribution in [-0.4, -0.2) is 42.1 Å². The highest BCUT2D eigenvalue weighted by atomic mass is 35.5. The molecule has 1 rings (SSSR count). The zero-order valence-electron chi connectivity index (χ0n) is 10.9. The smallest absolute Gasteiger partial charge is 0.325 e. The Bertz CT molecular complexity index is 476. The van der Waals surface area contributed by atoms with Crippen LogP contribution in [0.15, 0.2) is 18.2 Å². The van der Waals surface area contributed by atoms with Crippen LogP contribution < -0.4 is 0 Å². The molecule has 0 aliphatic carbocycles. The molecule has 0 aliphatic rings. The number of carbonyl (C=O) groups excluding carboxylic acids is 2. The van der Waals surface area contributed by atoms with Gasteiger partial charge in [0, 0.05) is 6.54 Å². The van der Waals surface area contributed by atoms with Crippen molar-refractivity contribution in [2.24, 2.45) is 0 Å². The first kappa shape index (κ1) is 15.3. The van der Waals surface area contributed by atoms with Gasteiger partial charge in [0.05, 0.1) is 17.7 Å². The number of amides is 1. The van der Waals surface area contributed by atoms with Crippen molar-refractivity contribution in [1.29, 1.82) is 0 Å². The summed E-state index contributed by atoms with van der Waals surface area (Å²) in [4.78, 5) is 24.9. The number of rotatable bonds is 5. The maximum absolute atomic E-state index is 12.3. The number of benzene rings is 1. The predicted octanol–water partition coefficient (Wildman–Crippen LogP) is 2.07. The van der Waals surface area contributed by atoms with Gasteiger partial charge in [-0.25, -0.2) is 0 Å². The van der Waals surface area contributed by atoms with Gasteiger partial charge in [-0.05, 0) is 24.6 Å². The van der Waals surface area contributed by atoms with Gasteiger partial charge < -0.3 is 14.7 Å². The molecular formula is C13H16ClNO4. The lowest BCUT2D eigenvalue weighted by molar-refractivity contribution is -0.141. The molecule has 5 nitrogen and oxygen atoms in total. The van der Waals surface area contributed by atoms with Crippen molar-refractivity contribution in [1.82, 2.24) is 4.90 Å². The third-order valence-corrected chi connectivity index (χ3v) is 2.84. The van der Waals surface area contributed by atoms with Crippen LogP contribution >= 0.6 is 11.6 Å². The van der Waals surface area contributed by atoms with E-state index >= 15 is 0 Å². The third-order valence-electron chi connectivity index (χ3n) is 2.51. The number of hydrogen-bond acceptors (Lipinski definition) is 4. The van der Waals surface area contributed by atoms with Gasteiger partial charge in [-0.3, -0.25) is 9.59 Å². The van der Waals surface area contributed by atoms with Gasteiger partial charge >= 0.3 is 5.97 Å². The minimum absolute atomic E-state index is 0.0535. The Morgan fingerprint density at radius 1 is 1.42 bits per heavy atom. The number of phenolic OH excluding ortho intramolecular Hbond substituents is 1. The van der Waals surface area contributed by atoms with E-state index in [-0.39, 0.29) is 22.9 Å². The normalized spacial score (nSPS) is 10.1. The first-order valence-electron chi connectivity index (χ1n) is 5.84. The molecule has 0 heterocycles. The van der Waals surface area contributed by atoms with Crippen LogP contribution in [0.4, 0.5) is 0 Å². The number of hydrogen-bond donors (Lipinski definition) is 1. The van der Waals surface area contributed by atoms with Gasteiger partial charge in [0.1, 0.15) is 12.3 Å². The lowest BCUT2D eigenvalue weighted by Gasteiger charge is -2.21. The minimum Gasteiger partial charge on any atom is -0.508 e. The van der Waals surface area contributed by atoms with E-state index in [1.54, 1.807) is 0 Å². The Kier molecular flexibility index (Phi) is 5.63. The molecule has 19 heavy (non-hydrogen) atoms. The first-order valence-corrected chi connectivity index (χ1v) is 6.22. The summed E-state index contributed by atoms with van der Waals surface area (Å²) >= 11 is 5.93. The fourth-order valence-electron chi connectivity index (χ4n) is 1.59. The number of nitrogens with zero attached hydrogens (tertiary/aromatic N) is 1. The molecule has 0 fully saturated rings. The fraction of sp³-hybridized carbons (Fsp3) is 0.385. The van der Waals surface area contributed by atoms with Gasteiger partial charge in [-0.15, -0.1) is 0 Å². The number of ether oxygens (including phenoxy) is 1. The Morgan fingerprint density at radius 2 is 2.11 bits per heavy atom. The van der Waals surface area contributed by atoms with E-state index in [0.717, 1.165) is 0 Å². The van der Waals surface area contributed by atoms with Gasteiger partial charge in [0.15, 0.2) is 0 Å². The monoisotopic (exact) mass is 285 g/mol. The zero-order valence-corrected chi connectivity index (χ0v) is 11.6. The third kappa shape index (κ3) is 4.13. The number of phenols is 1. The van der Waals surface area contributed by atoms with E-state index in [4.69, 9.17) is 11.6 Å². The average molecular weight is 286 g/mol. The van der Waals surface area contributed by atoms with Crippen molar-refractivity contribution in [3.05, 3.63) is 28.8 Å². The van der Waals surface area contributed by atoms with Gasteiger partial charge in [0.2, 0.25) is 0 Å². The molecule has 0 bridgehead atoms. The van der Waals surface area contributed by atoms with Crippen LogP contribution in [0.1, 0.15) is 23.7 Å². The molecule has 0 spiro atoms. The van der Waals surface area contributed by atoms with E-state index < -0.39 is 11.9 Å². The zero-order chi connectivity index (χ0) is 14.4. The van der Waals surface area contributed by atoms with E-state index in [1.165, 1.54) is 30.2 Å². The molecule has 0 aliphatic heterocycles. The molecular weight excluding hydrogens is 270 g/mol. The summed E-state index contributed by atoms with van der Waals surface area (Å²) in [5.74, 6) is -0.964. The van der Waals surface area contributed by atoms with Gasteiger partial charge in [0.25, 0.3) is 5.91 Å². The lowest BCUT2D eigenvalue weighted by Crippen LogP contribution is -2.36. The molecule has 1 aromatic carbocycles. The fourth-order valence-corrected chi connectivity index (χ4v) is 1.79. The summed E-state index contributed by atoms with van der Waals surface area (Å²) in [6, 6.07) is 4.11. The van der Waals surface area contributed by atoms with E-state index in [0.29, 0.717) is 13.0 Å². The molecule has 0 aromatic heterocycles. The van der Waals surface area contributed by atoms with E-state index in [2.05, 4.69) is 4.74 Å². The molecule has 0 saturated heterocycles. The Labute approximate surface area is 116 Å². The molecule has 0 saturated carbocycles. The highest BCUT2D eigenvalue weighted by Gasteiger charge is 2.21. The van der Waals surface area contributed by atoms with Gasteiger partial charge in [-0.1, -0.05) is 18.5 Å². The number of methoxy groups -OCH3 is 1. The second kappa shape index (κ2) is 6.99. The molecule has 104 valence electrons. The molecule has 0 radical (unpaired) electrons. The van der Waals surface area contributed by atoms with Crippen LogP contribution in [0.25, 0.3) is 0 Å². The number of esters is 1. The van der Waals surface area contributed by atoms with Crippen molar-refractivity contribution in [3.8, 4) is 5.75 Å². The Morgan fingerprint density at radius 3 is 2.68 bits per heavy atom. The summed E-state index contributed by atoms with van der Waals surface area (Å²) < 4.78 is 4.55. The number of carbonyl (C=O) groups is 2. The van der Waals surface area contributed by atoms with Crippen molar-refractivity contribution in [3.63, 3.8) is 0 Å². The topological polar surface area (TPSA) is 66.8 Å². The Balaban J connectivity index is 2.98. The highest BCUT2D eigenvalue weighted by Crippen LogP contribution is 2.22. The molecule has 1 amide bonds. The number of halogens is 1. The molecule has 6 heteroatoms. The van der Waals surface area contributed by atoms with Crippen LogP contribution in [0.5, 0.6) is 5.75 Å². The molecule has 1 N–H and O–H groups in total. The molecule has 0 unspecified atom stereocenters. The minimum atomic E-state index is -0.502. The lowest BCUT2D eigenvalue weighted by atomic mass is 10.1. The van der Waals surface area contributed by atoms with Crippen LogP contribution in [-0.2, 0) is 9.53 Å². The second-order valence-electron chi connectivity index (χ2n) is 3.97. The van der Waals surface area contributed by atoms with Gasteiger partial charge in [-0.2, -0.15) is 0 Å². The predicted molar refractivity (Wildman–Crippen MR) is 71.3 cm³/mol. The first-order chi connectivity index (χ1) is 8.99. The Hall–Kier alpha value is -1.75. The highest BCUT2D eigenvalue weighted by molar-refractivity contribution is 6.33. The summed E-state index contributed by atoms with van der Waals surface area (Å²) in [5, 5.41) is 9.64. The average Bonchev–Trinajstić information content (AvgIpc) is 2.40. The van der Waals surface area contributed by atoms with E-state index in [1.807, 2.05) is 6.92 Å². The summed E-state index contributed by atoms with van der Waals surface area (Å²) in [7, 11) is 1.26. The van der Waals surface area contributed by atoms with Crippen LogP contribution in [0, 0.1) is 0 Å². The van der Waals surface area contributed by atoms with Crippen LogP contribution in [0.2, 0.25) is 5.02 Å². The maximum Gasteiger partial charge on any atom is 0.325 e.